The van der Waals surface area contributed by atoms with Gasteiger partial charge in [-0.25, -0.2) is 12.8 Å². The van der Waals surface area contributed by atoms with Crippen molar-refractivity contribution in [3.05, 3.63) is 59.4 Å². The van der Waals surface area contributed by atoms with E-state index in [2.05, 4.69) is 5.32 Å². The van der Waals surface area contributed by atoms with E-state index >= 15 is 0 Å². The van der Waals surface area contributed by atoms with Crippen molar-refractivity contribution in [1.29, 1.82) is 0 Å². The molecule has 2 aromatic carbocycles. The number of rotatable bonds is 4. The van der Waals surface area contributed by atoms with Crippen LogP contribution in [0.3, 0.4) is 0 Å². The summed E-state index contributed by atoms with van der Waals surface area (Å²) >= 11 is 0. The van der Waals surface area contributed by atoms with Gasteiger partial charge in [0.15, 0.2) is 0 Å². The Morgan fingerprint density at radius 1 is 1.10 bits per heavy atom. The number of carbonyl (C=O) groups excluding carboxylic acids is 1. The number of alkyl halides is 3. The molecule has 0 saturated carbocycles. The van der Waals surface area contributed by atoms with Gasteiger partial charge in [0.25, 0.3) is 0 Å². The van der Waals surface area contributed by atoms with Crippen LogP contribution in [-0.4, -0.2) is 31.7 Å². The van der Waals surface area contributed by atoms with Crippen molar-refractivity contribution in [3.63, 3.8) is 0 Å². The number of nitrogens with zero attached hydrogens (tertiary/aromatic N) is 1. The summed E-state index contributed by atoms with van der Waals surface area (Å²) in [5.74, 6) is -1.26. The third-order valence-corrected chi connectivity index (χ3v) is 7.04. The second-order valence-corrected chi connectivity index (χ2v) is 9.03. The number of nitrogens with one attached hydrogen (secondary N) is 1. The summed E-state index contributed by atoms with van der Waals surface area (Å²) in [5.41, 5.74) is -0.209. The zero-order chi connectivity index (χ0) is 22.1. The van der Waals surface area contributed by atoms with Crippen molar-refractivity contribution in [1.82, 2.24) is 4.31 Å². The lowest BCUT2D eigenvalue weighted by Gasteiger charge is -2.31. The number of sulfonamides is 1. The number of hydrogen-bond acceptors (Lipinski definition) is 3. The number of carbonyl (C=O) groups is 1. The van der Waals surface area contributed by atoms with Gasteiger partial charge in [0.1, 0.15) is 5.82 Å². The van der Waals surface area contributed by atoms with Crippen molar-refractivity contribution in [2.24, 2.45) is 5.92 Å². The topological polar surface area (TPSA) is 66.5 Å². The average Bonchev–Trinajstić information content (AvgIpc) is 2.69. The smallest absolute Gasteiger partial charge is 0.326 e. The molecule has 3 rings (SSSR count). The first-order valence-corrected chi connectivity index (χ1v) is 10.7. The largest absolute Gasteiger partial charge is 0.417 e. The Hall–Kier alpha value is -2.46. The number of hydrogen-bond donors (Lipinski definition) is 1. The van der Waals surface area contributed by atoms with Crippen LogP contribution in [0, 0.1) is 18.7 Å². The van der Waals surface area contributed by atoms with E-state index in [4.69, 9.17) is 0 Å². The van der Waals surface area contributed by atoms with Crippen molar-refractivity contribution in [2.45, 2.75) is 30.8 Å². The first-order chi connectivity index (χ1) is 14.0. The SMILES string of the molecule is Cc1cc(F)ccc1NC(=O)C1CCN(S(=O)(=O)c2ccccc2C(F)(F)F)CC1. The molecule has 2 aromatic rings. The molecule has 1 fully saturated rings. The summed E-state index contributed by atoms with van der Waals surface area (Å²) < 4.78 is 79.4. The summed E-state index contributed by atoms with van der Waals surface area (Å²) in [4.78, 5) is 11.7. The van der Waals surface area contributed by atoms with E-state index in [1.54, 1.807) is 6.92 Å². The lowest BCUT2D eigenvalue weighted by molar-refractivity contribution is -0.139. The van der Waals surface area contributed by atoms with Gasteiger partial charge in [-0.1, -0.05) is 12.1 Å². The normalized spacial score (nSPS) is 16.4. The third-order valence-electron chi connectivity index (χ3n) is 5.08. The third kappa shape index (κ3) is 4.65. The number of anilines is 1. The van der Waals surface area contributed by atoms with Crippen LogP contribution in [0.15, 0.2) is 47.4 Å². The highest BCUT2D eigenvalue weighted by Crippen LogP contribution is 2.36. The maximum atomic E-state index is 13.2. The van der Waals surface area contributed by atoms with Crippen LogP contribution in [0.25, 0.3) is 0 Å². The summed E-state index contributed by atoms with van der Waals surface area (Å²) in [6.45, 7) is 1.50. The molecule has 0 spiro atoms. The minimum atomic E-state index is -4.80. The lowest BCUT2D eigenvalue weighted by atomic mass is 9.97. The highest BCUT2D eigenvalue weighted by Gasteiger charge is 2.40. The van der Waals surface area contributed by atoms with Crippen molar-refractivity contribution in [3.8, 4) is 0 Å². The van der Waals surface area contributed by atoms with E-state index in [0.717, 1.165) is 22.5 Å². The number of benzene rings is 2. The van der Waals surface area contributed by atoms with Gasteiger partial charge in [0.2, 0.25) is 15.9 Å². The Balaban J connectivity index is 1.70. The fourth-order valence-electron chi connectivity index (χ4n) is 3.43. The van der Waals surface area contributed by atoms with Gasteiger partial charge in [-0.3, -0.25) is 4.79 Å². The van der Waals surface area contributed by atoms with Crippen LogP contribution in [0.5, 0.6) is 0 Å². The molecule has 0 unspecified atom stereocenters. The first-order valence-electron chi connectivity index (χ1n) is 9.23. The van der Waals surface area contributed by atoms with Gasteiger partial charge in [-0.05, 0) is 55.7 Å². The average molecular weight is 444 g/mol. The van der Waals surface area contributed by atoms with Gasteiger partial charge in [-0.2, -0.15) is 17.5 Å². The number of piperidine rings is 1. The molecule has 1 N–H and O–H groups in total. The minimum absolute atomic E-state index is 0.0744. The molecule has 1 aliphatic heterocycles. The zero-order valence-electron chi connectivity index (χ0n) is 16.0. The number of amides is 1. The quantitative estimate of drug-likeness (QED) is 0.719. The van der Waals surface area contributed by atoms with Crippen LogP contribution >= 0.6 is 0 Å². The minimum Gasteiger partial charge on any atom is -0.326 e. The van der Waals surface area contributed by atoms with Gasteiger partial charge >= 0.3 is 6.18 Å². The second kappa shape index (κ2) is 8.35. The molecule has 1 heterocycles. The molecule has 0 radical (unpaired) electrons. The molecule has 0 aliphatic carbocycles. The summed E-state index contributed by atoms with van der Waals surface area (Å²) in [7, 11) is -4.36. The summed E-state index contributed by atoms with van der Waals surface area (Å²) in [6, 6.07) is 7.99. The predicted octanol–water partition coefficient (Wildman–Crippen LogP) is 4.19. The second-order valence-electron chi connectivity index (χ2n) is 7.12. The Labute approximate surface area is 171 Å². The predicted molar refractivity (Wildman–Crippen MR) is 103 cm³/mol. The van der Waals surface area contributed by atoms with Crippen molar-refractivity contribution < 1.29 is 30.8 Å². The van der Waals surface area contributed by atoms with Crippen LogP contribution in [0.4, 0.5) is 23.2 Å². The number of aryl methyl sites for hydroxylation is 1. The van der Waals surface area contributed by atoms with E-state index in [0.29, 0.717) is 11.3 Å². The molecular formula is C20H20F4N2O3S. The van der Waals surface area contributed by atoms with Gasteiger partial charge in [0.05, 0.1) is 10.5 Å². The maximum absolute atomic E-state index is 13.2. The molecule has 0 aromatic heterocycles. The first kappa shape index (κ1) is 22.2. The molecule has 5 nitrogen and oxygen atoms in total. The molecule has 0 bridgehead atoms. The molecule has 1 saturated heterocycles. The van der Waals surface area contributed by atoms with Crippen LogP contribution in [0.2, 0.25) is 0 Å². The van der Waals surface area contributed by atoms with Gasteiger partial charge in [-0.15, -0.1) is 0 Å². The Morgan fingerprint density at radius 3 is 2.33 bits per heavy atom. The maximum Gasteiger partial charge on any atom is 0.417 e. The summed E-state index contributed by atoms with van der Waals surface area (Å²) in [6.07, 6.45) is -4.46. The molecule has 30 heavy (non-hydrogen) atoms. The summed E-state index contributed by atoms with van der Waals surface area (Å²) in [5, 5.41) is 2.70. The van der Waals surface area contributed by atoms with Crippen molar-refractivity contribution >= 4 is 21.6 Å². The van der Waals surface area contributed by atoms with E-state index in [1.807, 2.05) is 0 Å². The molecule has 10 heteroatoms. The van der Waals surface area contributed by atoms with E-state index in [-0.39, 0.29) is 31.8 Å². The standard InChI is InChI=1S/C20H20F4N2O3S/c1-13-12-15(21)6-7-17(13)25-19(27)14-8-10-26(11-9-14)30(28,29)18-5-3-2-4-16(18)20(22,23)24/h2-7,12,14H,8-11H2,1H3,(H,25,27). The Kier molecular flexibility index (Phi) is 6.19. The van der Waals surface area contributed by atoms with E-state index in [1.165, 1.54) is 24.3 Å². The zero-order valence-corrected chi connectivity index (χ0v) is 16.9. The van der Waals surface area contributed by atoms with Gasteiger partial charge < -0.3 is 5.32 Å². The van der Waals surface area contributed by atoms with E-state index < -0.39 is 38.4 Å². The number of halogens is 4. The van der Waals surface area contributed by atoms with E-state index in [9.17, 15) is 30.8 Å². The fraction of sp³-hybridized carbons (Fsp3) is 0.350. The molecule has 1 amide bonds. The fourth-order valence-corrected chi connectivity index (χ4v) is 5.11. The molecule has 1 aliphatic rings. The highest BCUT2D eigenvalue weighted by atomic mass is 32.2. The van der Waals surface area contributed by atoms with Crippen LogP contribution in [-0.2, 0) is 21.0 Å². The molecule has 0 atom stereocenters. The van der Waals surface area contributed by atoms with Gasteiger partial charge in [0, 0.05) is 24.7 Å². The Bertz CT molecular complexity index is 1050. The van der Waals surface area contributed by atoms with Crippen LogP contribution < -0.4 is 5.32 Å². The highest BCUT2D eigenvalue weighted by molar-refractivity contribution is 7.89. The van der Waals surface area contributed by atoms with Crippen LogP contribution in [0.1, 0.15) is 24.0 Å². The molecular weight excluding hydrogens is 424 g/mol. The molecule has 162 valence electrons. The Morgan fingerprint density at radius 2 is 1.73 bits per heavy atom. The monoisotopic (exact) mass is 444 g/mol. The van der Waals surface area contributed by atoms with Crippen molar-refractivity contribution in [2.75, 3.05) is 18.4 Å². The lowest BCUT2D eigenvalue weighted by Crippen LogP contribution is -2.42.